The molecule has 0 amide bonds. The zero-order valence-electron chi connectivity index (χ0n) is 13.4. The lowest BCUT2D eigenvalue weighted by Crippen LogP contribution is -2.14. The summed E-state index contributed by atoms with van der Waals surface area (Å²) < 4.78 is 40.8. The van der Waals surface area contributed by atoms with Crippen LogP contribution in [0, 0.1) is 12.7 Å². The third kappa shape index (κ3) is 4.13. The molecule has 25 heavy (non-hydrogen) atoms. The van der Waals surface area contributed by atoms with Gasteiger partial charge in [0, 0.05) is 0 Å². The van der Waals surface area contributed by atoms with Gasteiger partial charge in [0.25, 0.3) is 10.0 Å². The Morgan fingerprint density at radius 1 is 1.00 bits per heavy atom. The Hall–Kier alpha value is -2.93. The fourth-order valence-electron chi connectivity index (χ4n) is 2.23. The van der Waals surface area contributed by atoms with Crippen LogP contribution < -0.4 is 10.0 Å². The molecular weight excluding hydrogens is 341 g/mol. The monoisotopic (exact) mass is 357 g/mol. The van der Waals surface area contributed by atoms with Crippen molar-refractivity contribution in [1.29, 1.82) is 0 Å². The minimum Gasteiger partial charge on any atom is -0.352 e. The highest BCUT2D eigenvalue weighted by molar-refractivity contribution is 7.92. The molecule has 3 rings (SSSR count). The average molecular weight is 357 g/mol. The first-order valence-corrected chi connectivity index (χ1v) is 8.99. The van der Waals surface area contributed by atoms with Gasteiger partial charge < -0.3 is 5.32 Å². The van der Waals surface area contributed by atoms with Crippen molar-refractivity contribution < 1.29 is 12.8 Å². The average Bonchev–Trinajstić information content (AvgIpc) is 2.58. The molecule has 0 radical (unpaired) electrons. The number of sulfonamides is 1. The minimum absolute atomic E-state index is 0.169. The maximum absolute atomic E-state index is 13.6. The Morgan fingerprint density at radius 3 is 2.48 bits per heavy atom. The molecule has 2 aromatic carbocycles. The summed E-state index contributed by atoms with van der Waals surface area (Å²) in [6, 6.07) is 16.0. The minimum atomic E-state index is -3.71. The molecule has 3 aromatic rings. The summed E-state index contributed by atoms with van der Waals surface area (Å²) in [7, 11) is -3.71. The van der Waals surface area contributed by atoms with E-state index in [1.54, 1.807) is 36.4 Å². The van der Waals surface area contributed by atoms with Crippen LogP contribution in [-0.2, 0) is 10.0 Å². The largest absolute Gasteiger partial charge is 0.352 e. The maximum Gasteiger partial charge on any atom is 0.263 e. The second-order valence-electron chi connectivity index (χ2n) is 5.46. The van der Waals surface area contributed by atoms with Crippen molar-refractivity contribution in [2.75, 3.05) is 10.0 Å². The Kier molecular flexibility index (Phi) is 4.67. The Morgan fingerprint density at radius 2 is 1.80 bits per heavy atom. The summed E-state index contributed by atoms with van der Waals surface area (Å²) >= 11 is 0. The van der Waals surface area contributed by atoms with Crippen LogP contribution in [0.4, 0.5) is 21.6 Å². The van der Waals surface area contributed by atoms with Gasteiger partial charge >= 0.3 is 0 Å². The van der Waals surface area contributed by atoms with Gasteiger partial charge in [-0.3, -0.25) is 4.72 Å². The molecule has 0 atom stereocenters. The van der Waals surface area contributed by atoms with Crippen LogP contribution in [0.25, 0.3) is 0 Å². The molecule has 0 saturated heterocycles. The van der Waals surface area contributed by atoms with Gasteiger partial charge in [0.05, 0.1) is 22.5 Å². The summed E-state index contributed by atoms with van der Waals surface area (Å²) in [5.74, 6) is -0.202. The zero-order valence-corrected chi connectivity index (χ0v) is 14.2. The van der Waals surface area contributed by atoms with E-state index in [2.05, 4.69) is 15.0 Å². The predicted octanol–water partition coefficient (Wildman–Crippen LogP) is 4.07. The molecule has 0 spiro atoms. The SMILES string of the molecule is Cc1cccc(S(=O)(=O)Nc2ccc(Nc3ccccc3F)cn2)c1. The van der Waals surface area contributed by atoms with E-state index in [-0.39, 0.29) is 16.5 Å². The first-order chi connectivity index (χ1) is 11.9. The summed E-state index contributed by atoms with van der Waals surface area (Å²) in [6.07, 6.45) is 1.43. The highest BCUT2D eigenvalue weighted by Gasteiger charge is 2.14. The van der Waals surface area contributed by atoms with Crippen LogP contribution in [0.3, 0.4) is 0 Å². The quantitative estimate of drug-likeness (QED) is 0.722. The molecule has 0 aliphatic rings. The molecule has 0 unspecified atom stereocenters. The van der Waals surface area contributed by atoms with Gasteiger partial charge in [-0.05, 0) is 48.9 Å². The van der Waals surface area contributed by atoms with E-state index in [4.69, 9.17) is 0 Å². The normalized spacial score (nSPS) is 11.1. The highest BCUT2D eigenvalue weighted by atomic mass is 32.2. The number of benzene rings is 2. The van der Waals surface area contributed by atoms with Crippen LogP contribution in [0.1, 0.15) is 5.56 Å². The molecule has 128 valence electrons. The van der Waals surface area contributed by atoms with Crippen molar-refractivity contribution >= 4 is 27.2 Å². The predicted molar refractivity (Wildman–Crippen MR) is 95.9 cm³/mol. The van der Waals surface area contributed by atoms with E-state index in [9.17, 15) is 12.8 Å². The summed E-state index contributed by atoms with van der Waals surface area (Å²) in [5, 5.41) is 2.89. The molecule has 2 N–H and O–H groups in total. The Balaban J connectivity index is 1.75. The number of hydrogen-bond donors (Lipinski definition) is 2. The lowest BCUT2D eigenvalue weighted by atomic mass is 10.2. The Labute approximate surface area is 145 Å². The van der Waals surface area contributed by atoms with E-state index in [1.807, 2.05) is 13.0 Å². The summed E-state index contributed by atoms with van der Waals surface area (Å²) in [5.41, 5.74) is 1.71. The van der Waals surface area contributed by atoms with Crippen molar-refractivity contribution in [1.82, 2.24) is 4.98 Å². The maximum atomic E-state index is 13.6. The van der Waals surface area contributed by atoms with Gasteiger partial charge in [0.15, 0.2) is 0 Å². The number of aromatic nitrogens is 1. The molecule has 1 heterocycles. The number of nitrogens with zero attached hydrogens (tertiary/aromatic N) is 1. The number of halogens is 1. The van der Waals surface area contributed by atoms with E-state index in [1.165, 1.54) is 24.4 Å². The fraction of sp³-hybridized carbons (Fsp3) is 0.0556. The van der Waals surface area contributed by atoms with Crippen molar-refractivity contribution in [3.8, 4) is 0 Å². The van der Waals surface area contributed by atoms with Crippen LogP contribution >= 0.6 is 0 Å². The van der Waals surface area contributed by atoms with Gasteiger partial charge in [-0.2, -0.15) is 0 Å². The second-order valence-corrected chi connectivity index (χ2v) is 7.14. The van der Waals surface area contributed by atoms with Crippen molar-refractivity contribution in [3.05, 3.63) is 78.2 Å². The topological polar surface area (TPSA) is 71.1 Å². The number of para-hydroxylation sites is 1. The fourth-order valence-corrected chi connectivity index (χ4v) is 3.34. The third-order valence-corrected chi connectivity index (χ3v) is 4.81. The molecule has 0 aliphatic carbocycles. The van der Waals surface area contributed by atoms with Crippen molar-refractivity contribution in [2.45, 2.75) is 11.8 Å². The van der Waals surface area contributed by atoms with Crippen LogP contribution in [-0.4, -0.2) is 13.4 Å². The van der Waals surface area contributed by atoms with Gasteiger partial charge in [-0.25, -0.2) is 17.8 Å². The smallest absolute Gasteiger partial charge is 0.263 e. The van der Waals surface area contributed by atoms with Gasteiger partial charge in [0.2, 0.25) is 0 Å². The molecule has 7 heteroatoms. The number of nitrogens with one attached hydrogen (secondary N) is 2. The van der Waals surface area contributed by atoms with Crippen molar-refractivity contribution in [2.24, 2.45) is 0 Å². The molecule has 1 aromatic heterocycles. The molecule has 0 fully saturated rings. The molecular formula is C18H16FN3O2S. The lowest BCUT2D eigenvalue weighted by molar-refractivity contribution is 0.601. The van der Waals surface area contributed by atoms with E-state index in [0.717, 1.165) is 5.56 Å². The van der Waals surface area contributed by atoms with Gasteiger partial charge in [0.1, 0.15) is 11.6 Å². The first kappa shape index (κ1) is 16.9. The number of anilines is 3. The van der Waals surface area contributed by atoms with E-state index in [0.29, 0.717) is 11.4 Å². The number of hydrogen-bond acceptors (Lipinski definition) is 4. The molecule has 0 saturated carbocycles. The number of pyridine rings is 1. The zero-order chi connectivity index (χ0) is 17.9. The first-order valence-electron chi connectivity index (χ1n) is 7.51. The lowest BCUT2D eigenvalue weighted by Gasteiger charge is -2.10. The molecule has 5 nitrogen and oxygen atoms in total. The van der Waals surface area contributed by atoms with Crippen molar-refractivity contribution in [3.63, 3.8) is 0 Å². The van der Waals surface area contributed by atoms with Crippen LogP contribution in [0.15, 0.2) is 71.8 Å². The van der Waals surface area contributed by atoms with E-state index >= 15 is 0 Å². The van der Waals surface area contributed by atoms with Crippen LogP contribution in [0.2, 0.25) is 0 Å². The Bertz CT molecular complexity index is 989. The molecule has 0 aliphatic heterocycles. The summed E-state index contributed by atoms with van der Waals surface area (Å²) in [4.78, 5) is 4.23. The van der Waals surface area contributed by atoms with Gasteiger partial charge in [-0.15, -0.1) is 0 Å². The van der Waals surface area contributed by atoms with E-state index < -0.39 is 10.0 Å². The third-order valence-electron chi connectivity index (χ3n) is 3.46. The number of rotatable bonds is 5. The molecule has 0 bridgehead atoms. The summed E-state index contributed by atoms with van der Waals surface area (Å²) in [6.45, 7) is 1.82. The van der Waals surface area contributed by atoms with Crippen LogP contribution in [0.5, 0.6) is 0 Å². The standard InChI is InChI=1S/C18H16FN3O2S/c1-13-5-4-6-15(11-13)25(23,24)22-18-10-9-14(12-20-18)21-17-8-3-2-7-16(17)19/h2-12,21H,1H3,(H,20,22). The highest BCUT2D eigenvalue weighted by Crippen LogP contribution is 2.21. The number of aryl methyl sites for hydroxylation is 1. The van der Waals surface area contributed by atoms with Gasteiger partial charge in [-0.1, -0.05) is 24.3 Å². The second kappa shape index (κ2) is 6.90.